The Morgan fingerprint density at radius 3 is 2.84 bits per heavy atom. The van der Waals surface area contributed by atoms with E-state index in [1.807, 2.05) is 6.20 Å². The molecule has 138 valence electrons. The molecule has 1 aromatic carbocycles. The molecule has 2 rings (SSSR count). The van der Waals surface area contributed by atoms with Crippen molar-refractivity contribution < 1.29 is 13.9 Å². The molecule has 0 saturated carbocycles. The van der Waals surface area contributed by atoms with Crippen LogP contribution in [0.1, 0.15) is 12.0 Å². The van der Waals surface area contributed by atoms with Gasteiger partial charge in [0.05, 0.1) is 13.2 Å². The van der Waals surface area contributed by atoms with Gasteiger partial charge in [0.1, 0.15) is 5.82 Å². The number of rotatable bonds is 10. The first-order valence-corrected chi connectivity index (χ1v) is 8.51. The number of nitrogens with zero attached hydrogens (tertiary/aromatic N) is 1. The van der Waals surface area contributed by atoms with Crippen LogP contribution in [0.4, 0.5) is 4.39 Å². The molecule has 7 heteroatoms. The third-order valence-corrected chi connectivity index (χ3v) is 3.83. The number of fused-ring (bicyclic) bond motifs is 1. The highest BCUT2D eigenvalue weighted by atomic mass is 19.1. The van der Waals surface area contributed by atoms with Crippen LogP contribution in [0, 0.1) is 5.82 Å². The van der Waals surface area contributed by atoms with E-state index in [9.17, 15) is 4.39 Å². The zero-order chi connectivity index (χ0) is 17.9. The third kappa shape index (κ3) is 6.36. The minimum absolute atomic E-state index is 0.216. The molecule has 1 aromatic heterocycles. The predicted molar refractivity (Wildman–Crippen MR) is 98.6 cm³/mol. The summed E-state index contributed by atoms with van der Waals surface area (Å²) in [7, 11) is 3.40. The Hall–Kier alpha value is -2.12. The van der Waals surface area contributed by atoms with Crippen LogP contribution >= 0.6 is 0 Å². The van der Waals surface area contributed by atoms with Crippen molar-refractivity contribution >= 4 is 16.9 Å². The van der Waals surface area contributed by atoms with Crippen molar-refractivity contribution in [1.82, 2.24) is 15.6 Å². The summed E-state index contributed by atoms with van der Waals surface area (Å²) in [6, 6.07) is 4.79. The van der Waals surface area contributed by atoms with E-state index in [1.54, 1.807) is 26.3 Å². The number of halogens is 1. The summed E-state index contributed by atoms with van der Waals surface area (Å²) in [6.07, 6.45) is 3.61. The summed E-state index contributed by atoms with van der Waals surface area (Å²) < 4.78 is 23.7. The zero-order valence-electron chi connectivity index (χ0n) is 14.9. The molecule has 0 aliphatic heterocycles. The van der Waals surface area contributed by atoms with Crippen LogP contribution in [-0.2, 0) is 15.9 Å². The summed E-state index contributed by atoms with van der Waals surface area (Å²) in [4.78, 5) is 7.36. The van der Waals surface area contributed by atoms with E-state index >= 15 is 0 Å². The van der Waals surface area contributed by atoms with Crippen molar-refractivity contribution in [2.24, 2.45) is 4.99 Å². The van der Waals surface area contributed by atoms with Gasteiger partial charge in [0.2, 0.25) is 0 Å². The second-order valence-electron chi connectivity index (χ2n) is 5.64. The van der Waals surface area contributed by atoms with Gasteiger partial charge in [-0.1, -0.05) is 0 Å². The molecule has 0 aliphatic carbocycles. The van der Waals surface area contributed by atoms with Gasteiger partial charge in [-0.25, -0.2) is 4.39 Å². The first-order chi connectivity index (χ1) is 12.2. The Morgan fingerprint density at radius 2 is 2.04 bits per heavy atom. The molecule has 0 atom stereocenters. The lowest BCUT2D eigenvalue weighted by molar-refractivity contribution is 0.0698. The number of H-pyrrole nitrogens is 1. The Morgan fingerprint density at radius 1 is 1.20 bits per heavy atom. The molecule has 0 aliphatic rings. The maximum absolute atomic E-state index is 13.4. The molecular weight excluding hydrogens is 323 g/mol. The lowest BCUT2D eigenvalue weighted by Crippen LogP contribution is -2.39. The number of aliphatic imine (C=N–C) groups is 1. The summed E-state index contributed by atoms with van der Waals surface area (Å²) in [6.45, 7) is 3.43. The molecule has 0 bridgehead atoms. The largest absolute Gasteiger partial charge is 0.382 e. The first kappa shape index (κ1) is 19.2. The second kappa shape index (κ2) is 10.7. The Kier molecular flexibility index (Phi) is 8.21. The summed E-state index contributed by atoms with van der Waals surface area (Å²) in [5.74, 6) is 0.536. The summed E-state index contributed by atoms with van der Waals surface area (Å²) >= 11 is 0. The highest BCUT2D eigenvalue weighted by Gasteiger charge is 2.05. The fraction of sp³-hybridized carbons (Fsp3) is 0.500. The Labute approximate surface area is 147 Å². The minimum Gasteiger partial charge on any atom is -0.382 e. The fourth-order valence-electron chi connectivity index (χ4n) is 2.52. The average molecular weight is 350 g/mol. The maximum atomic E-state index is 13.4. The third-order valence-electron chi connectivity index (χ3n) is 3.83. The van der Waals surface area contributed by atoms with E-state index in [2.05, 4.69) is 20.6 Å². The van der Waals surface area contributed by atoms with Crippen LogP contribution in [-0.4, -0.2) is 58.0 Å². The van der Waals surface area contributed by atoms with Gasteiger partial charge in [0.15, 0.2) is 5.96 Å². The van der Waals surface area contributed by atoms with Gasteiger partial charge < -0.3 is 25.1 Å². The monoisotopic (exact) mass is 350 g/mol. The van der Waals surface area contributed by atoms with Gasteiger partial charge in [-0.3, -0.25) is 4.99 Å². The molecule has 3 N–H and O–H groups in total. The fourth-order valence-corrected chi connectivity index (χ4v) is 2.52. The number of nitrogens with one attached hydrogen (secondary N) is 3. The minimum atomic E-state index is -0.216. The van der Waals surface area contributed by atoms with E-state index in [0.717, 1.165) is 41.8 Å². The normalized spacial score (nSPS) is 11.9. The lowest BCUT2D eigenvalue weighted by Gasteiger charge is -2.11. The number of guanidine groups is 1. The summed E-state index contributed by atoms with van der Waals surface area (Å²) in [5.41, 5.74) is 2.04. The highest BCUT2D eigenvalue weighted by Crippen LogP contribution is 2.19. The second-order valence-corrected chi connectivity index (χ2v) is 5.64. The van der Waals surface area contributed by atoms with Crippen LogP contribution in [0.15, 0.2) is 29.4 Å². The van der Waals surface area contributed by atoms with E-state index in [1.165, 1.54) is 6.07 Å². The van der Waals surface area contributed by atoms with Crippen LogP contribution in [0.2, 0.25) is 0 Å². The SMILES string of the molecule is CN=C(NCCCOCCOC)NCCc1c[nH]c2ccc(F)cc12. The number of hydrogen-bond donors (Lipinski definition) is 3. The van der Waals surface area contributed by atoms with E-state index in [-0.39, 0.29) is 5.82 Å². The standard InChI is InChI=1S/C18H27FN4O2/c1-20-18(21-7-3-9-25-11-10-24-2)22-8-6-14-13-23-17-5-4-15(19)12-16(14)17/h4-5,12-13,23H,3,6-11H2,1-2H3,(H2,20,21,22). The van der Waals surface area contributed by atoms with Crippen molar-refractivity contribution in [1.29, 1.82) is 0 Å². The van der Waals surface area contributed by atoms with E-state index < -0.39 is 0 Å². The molecule has 0 amide bonds. The van der Waals surface area contributed by atoms with Gasteiger partial charge in [0.25, 0.3) is 0 Å². The molecule has 0 spiro atoms. The quantitative estimate of drug-likeness (QED) is 0.348. The molecule has 0 unspecified atom stereocenters. The van der Waals surface area contributed by atoms with Crippen LogP contribution < -0.4 is 10.6 Å². The molecule has 25 heavy (non-hydrogen) atoms. The average Bonchev–Trinajstić information content (AvgIpc) is 3.01. The van der Waals surface area contributed by atoms with Crippen LogP contribution in [0.25, 0.3) is 10.9 Å². The molecule has 6 nitrogen and oxygen atoms in total. The Balaban J connectivity index is 1.67. The van der Waals surface area contributed by atoms with E-state index in [0.29, 0.717) is 26.4 Å². The predicted octanol–water partition coefficient (Wildman–Crippen LogP) is 2.07. The van der Waals surface area contributed by atoms with Gasteiger partial charge in [0, 0.05) is 51.0 Å². The van der Waals surface area contributed by atoms with Gasteiger partial charge in [-0.15, -0.1) is 0 Å². The maximum Gasteiger partial charge on any atom is 0.190 e. The van der Waals surface area contributed by atoms with Gasteiger partial charge in [-0.05, 0) is 36.6 Å². The molecule has 2 aromatic rings. The number of benzene rings is 1. The Bertz CT molecular complexity index is 672. The smallest absolute Gasteiger partial charge is 0.190 e. The zero-order valence-corrected chi connectivity index (χ0v) is 14.9. The number of ether oxygens (including phenoxy) is 2. The number of methoxy groups -OCH3 is 1. The van der Waals surface area contributed by atoms with Gasteiger partial charge in [-0.2, -0.15) is 0 Å². The van der Waals surface area contributed by atoms with Crippen molar-refractivity contribution in [2.75, 3.05) is 47.1 Å². The van der Waals surface area contributed by atoms with Gasteiger partial charge >= 0.3 is 0 Å². The van der Waals surface area contributed by atoms with Crippen molar-refractivity contribution in [3.05, 3.63) is 35.8 Å². The molecule has 1 heterocycles. The van der Waals surface area contributed by atoms with Crippen LogP contribution in [0.5, 0.6) is 0 Å². The summed E-state index contributed by atoms with van der Waals surface area (Å²) in [5, 5.41) is 7.44. The first-order valence-electron chi connectivity index (χ1n) is 8.51. The molecule has 0 saturated heterocycles. The van der Waals surface area contributed by atoms with Crippen LogP contribution in [0.3, 0.4) is 0 Å². The van der Waals surface area contributed by atoms with Crippen molar-refractivity contribution in [3.8, 4) is 0 Å². The molecular formula is C18H27FN4O2. The highest BCUT2D eigenvalue weighted by molar-refractivity contribution is 5.83. The number of hydrogen-bond acceptors (Lipinski definition) is 3. The number of aromatic nitrogens is 1. The van der Waals surface area contributed by atoms with Crippen molar-refractivity contribution in [2.45, 2.75) is 12.8 Å². The van der Waals surface area contributed by atoms with Crippen molar-refractivity contribution in [3.63, 3.8) is 0 Å². The van der Waals surface area contributed by atoms with E-state index in [4.69, 9.17) is 9.47 Å². The molecule has 0 radical (unpaired) electrons. The molecule has 0 fully saturated rings. The number of aromatic amines is 1. The lowest BCUT2D eigenvalue weighted by atomic mass is 10.1. The topological polar surface area (TPSA) is 70.7 Å².